The number of ketones is 1. The zero-order valence-electron chi connectivity index (χ0n) is 25.5. The Bertz CT molecular complexity index is 1590. The lowest BCUT2D eigenvalue weighted by molar-refractivity contribution is -0.228. The minimum absolute atomic E-state index is 0.0368. The molecule has 1 N–H and O–H groups in total. The molecular formula is C31H34F5NO5S. The molecule has 2 aliphatic carbocycles. The lowest BCUT2D eigenvalue weighted by atomic mass is 9.71. The Labute approximate surface area is 250 Å². The van der Waals surface area contributed by atoms with Gasteiger partial charge in [0.05, 0.1) is 7.64 Å². The van der Waals surface area contributed by atoms with Crippen LogP contribution in [0.2, 0.25) is 0 Å². The van der Waals surface area contributed by atoms with E-state index in [2.05, 4.69) is 0 Å². The molecule has 1 amide bonds. The van der Waals surface area contributed by atoms with Gasteiger partial charge in [-0.2, -0.15) is 13.2 Å². The highest BCUT2D eigenvalue weighted by Crippen LogP contribution is 2.60. The van der Waals surface area contributed by atoms with Crippen LogP contribution in [0.25, 0.3) is 0 Å². The first-order valence-corrected chi connectivity index (χ1v) is 15.7. The van der Waals surface area contributed by atoms with E-state index >= 15 is 0 Å². The van der Waals surface area contributed by atoms with Crippen LogP contribution >= 0.6 is 0 Å². The summed E-state index contributed by atoms with van der Waals surface area (Å²) in [6.07, 6.45) is -4.96. The molecule has 2 aromatic carbocycles. The van der Waals surface area contributed by atoms with E-state index < -0.39 is 62.1 Å². The predicted octanol–water partition coefficient (Wildman–Crippen LogP) is 5.40. The quantitative estimate of drug-likeness (QED) is 0.296. The molecule has 2 aromatic rings. The van der Waals surface area contributed by atoms with Crippen LogP contribution in [0.15, 0.2) is 47.4 Å². The number of halogens is 5. The molecule has 1 aliphatic heterocycles. The Morgan fingerprint density at radius 2 is 1.84 bits per heavy atom. The summed E-state index contributed by atoms with van der Waals surface area (Å²) in [5.74, 6) is -3.03. The molecule has 0 radical (unpaired) electrons. The summed E-state index contributed by atoms with van der Waals surface area (Å²) in [5, 5.41) is 9.38. The zero-order valence-corrected chi connectivity index (χ0v) is 24.3. The van der Waals surface area contributed by atoms with Crippen LogP contribution in [0.1, 0.15) is 64.9 Å². The largest absolute Gasteiger partial charge is 0.426 e. The number of carbonyl (C=O) groups excluding carboxylic acids is 2. The summed E-state index contributed by atoms with van der Waals surface area (Å²) in [6, 6.07) is 7.56. The Kier molecular flexibility index (Phi) is 7.56. The van der Waals surface area contributed by atoms with Gasteiger partial charge >= 0.3 is 6.18 Å². The van der Waals surface area contributed by atoms with Crippen LogP contribution in [0.3, 0.4) is 0 Å². The number of benzene rings is 2. The molecule has 1 unspecified atom stereocenters. The SMILES string of the molecule is [2H]C([2H])(O)CCN1C[C@@H](C(=O)C[C@@H]2CC[C@@]3(S(=O)(=O)c4ccc(F)cc4)c4ccc(C(C)(F)C(F)(F)F)cc4CC[C@@H]23)CC1=O. The first-order valence-electron chi connectivity index (χ1n) is 15.2. The van der Waals surface area contributed by atoms with Gasteiger partial charge in [0.15, 0.2) is 9.84 Å². The molecule has 43 heavy (non-hydrogen) atoms. The molecule has 5 atom stereocenters. The molecule has 2 fully saturated rings. The van der Waals surface area contributed by atoms with Crippen LogP contribution in [0.5, 0.6) is 0 Å². The van der Waals surface area contributed by atoms with Gasteiger partial charge in [0.2, 0.25) is 11.6 Å². The van der Waals surface area contributed by atoms with E-state index in [1.54, 1.807) is 0 Å². The number of hydrogen-bond donors (Lipinski definition) is 1. The lowest BCUT2D eigenvalue weighted by Gasteiger charge is -2.43. The van der Waals surface area contributed by atoms with E-state index in [1.165, 1.54) is 11.0 Å². The number of Topliss-reactive ketones (excluding diaryl/α,β-unsaturated/α-hetero) is 1. The number of aliphatic hydroxyl groups is 1. The van der Waals surface area contributed by atoms with Gasteiger partial charge in [-0.05, 0) is 91.8 Å². The summed E-state index contributed by atoms with van der Waals surface area (Å²) < 4.78 is 111. The summed E-state index contributed by atoms with van der Waals surface area (Å²) in [6.45, 7) is -2.07. The molecule has 12 heteroatoms. The van der Waals surface area contributed by atoms with E-state index in [0.717, 1.165) is 36.4 Å². The number of carbonyl (C=O) groups is 2. The van der Waals surface area contributed by atoms with Crippen molar-refractivity contribution in [2.45, 2.75) is 73.4 Å². The molecule has 1 heterocycles. The number of nitrogens with zero attached hydrogens (tertiary/aromatic N) is 1. The Morgan fingerprint density at radius 3 is 2.49 bits per heavy atom. The summed E-state index contributed by atoms with van der Waals surface area (Å²) in [7, 11) is -4.31. The molecule has 1 saturated heterocycles. The standard InChI is InChI=1S/C31H34F5NO5S/c1-29(33,31(34,35)36)22-4-10-26-19(15-22)3-9-25-20(16-27(39)21-17-28(40)37(18-21)13-2-14-38)11-12-30(25,26)43(41,42)24-7-5-23(32)6-8-24/h4-8,10,15,20-21,25,38H,2-3,9,11-14,16-18H2,1H3/t20-,21-,25-,29?,30-/m0/s1/i14D2. The number of fused-ring (bicyclic) bond motifs is 3. The second-order valence-corrected chi connectivity index (χ2v) is 14.2. The van der Waals surface area contributed by atoms with Crippen molar-refractivity contribution in [3.8, 4) is 0 Å². The van der Waals surface area contributed by atoms with Crippen molar-refractivity contribution in [2.24, 2.45) is 17.8 Å². The van der Waals surface area contributed by atoms with Crippen LogP contribution in [-0.4, -0.2) is 55.9 Å². The first kappa shape index (κ1) is 28.9. The fourth-order valence-corrected chi connectivity index (χ4v) is 9.81. The number of likely N-dealkylation sites (tertiary alicyclic amines) is 1. The highest BCUT2D eigenvalue weighted by molar-refractivity contribution is 7.92. The van der Waals surface area contributed by atoms with Crippen LogP contribution in [0, 0.1) is 23.6 Å². The highest BCUT2D eigenvalue weighted by Gasteiger charge is 2.61. The summed E-state index contributed by atoms with van der Waals surface area (Å²) in [4.78, 5) is 27.1. The van der Waals surface area contributed by atoms with E-state index in [0.29, 0.717) is 6.92 Å². The third kappa shape index (κ3) is 5.28. The van der Waals surface area contributed by atoms with Gasteiger partial charge in [0.1, 0.15) is 16.3 Å². The minimum atomic E-state index is -5.20. The van der Waals surface area contributed by atoms with Gasteiger partial charge in [-0.1, -0.05) is 18.2 Å². The van der Waals surface area contributed by atoms with E-state index in [1.807, 2.05) is 0 Å². The monoisotopic (exact) mass is 629 g/mol. The van der Waals surface area contributed by atoms with Crippen LogP contribution in [0.4, 0.5) is 22.0 Å². The number of alkyl halides is 4. The van der Waals surface area contributed by atoms with Crippen molar-refractivity contribution in [1.82, 2.24) is 4.90 Å². The predicted molar refractivity (Wildman–Crippen MR) is 147 cm³/mol. The molecular weight excluding hydrogens is 593 g/mol. The van der Waals surface area contributed by atoms with Crippen molar-refractivity contribution in [3.63, 3.8) is 0 Å². The lowest BCUT2D eigenvalue weighted by Crippen LogP contribution is -2.45. The van der Waals surface area contributed by atoms with Gasteiger partial charge < -0.3 is 10.0 Å². The van der Waals surface area contributed by atoms with Crippen molar-refractivity contribution in [1.29, 1.82) is 0 Å². The van der Waals surface area contributed by atoms with Crippen molar-refractivity contribution >= 4 is 21.5 Å². The highest BCUT2D eigenvalue weighted by atomic mass is 32.2. The average Bonchev–Trinajstić information content (AvgIpc) is 3.52. The maximum absolute atomic E-state index is 14.9. The first-order chi connectivity index (χ1) is 20.8. The molecule has 1 saturated carbocycles. The Hall–Kier alpha value is -2.86. The van der Waals surface area contributed by atoms with Crippen LogP contribution in [-0.2, 0) is 36.3 Å². The van der Waals surface area contributed by atoms with Gasteiger partial charge in [-0.3, -0.25) is 9.59 Å². The smallest absolute Gasteiger partial charge is 0.396 e. The van der Waals surface area contributed by atoms with E-state index in [9.17, 15) is 45.1 Å². The second kappa shape index (κ2) is 11.3. The van der Waals surface area contributed by atoms with Gasteiger partial charge in [0.25, 0.3) is 0 Å². The summed E-state index contributed by atoms with van der Waals surface area (Å²) >= 11 is 0. The van der Waals surface area contributed by atoms with Crippen molar-refractivity contribution < 1.29 is 47.8 Å². The normalized spacial score (nSPS) is 28.1. The minimum Gasteiger partial charge on any atom is -0.396 e. The number of rotatable bonds is 9. The van der Waals surface area contributed by atoms with E-state index in [4.69, 9.17) is 2.74 Å². The van der Waals surface area contributed by atoms with Crippen molar-refractivity contribution in [2.75, 3.05) is 19.6 Å². The molecule has 3 aliphatic rings. The molecule has 5 rings (SSSR count). The molecule has 0 aromatic heterocycles. The number of amides is 1. The second-order valence-electron chi connectivity index (χ2n) is 12.0. The fourth-order valence-electron chi connectivity index (χ4n) is 7.31. The van der Waals surface area contributed by atoms with Gasteiger partial charge in [-0.25, -0.2) is 17.2 Å². The molecule has 0 bridgehead atoms. The number of hydrogen-bond acceptors (Lipinski definition) is 5. The van der Waals surface area contributed by atoms with E-state index in [-0.39, 0.29) is 85.7 Å². The maximum atomic E-state index is 14.9. The van der Waals surface area contributed by atoms with Crippen molar-refractivity contribution in [3.05, 3.63) is 65.0 Å². The molecule has 6 nitrogen and oxygen atoms in total. The number of sulfone groups is 1. The molecule has 0 spiro atoms. The summed E-state index contributed by atoms with van der Waals surface area (Å²) in [5.41, 5.74) is -3.79. The third-order valence-corrected chi connectivity index (χ3v) is 12.2. The maximum Gasteiger partial charge on any atom is 0.426 e. The molecule has 234 valence electrons. The zero-order chi connectivity index (χ0) is 33.2. The topological polar surface area (TPSA) is 91.8 Å². The Balaban J connectivity index is 1.48. The van der Waals surface area contributed by atoms with Gasteiger partial charge in [-0.15, -0.1) is 0 Å². The Morgan fingerprint density at radius 1 is 1.14 bits per heavy atom. The van der Waals surface area contributed by atoms with Gasteiger partial charge in [0, 0.05) is 38.4 Å². The average molecular weight is 630 g/mol. The number of aryl methyl sites for hydroxylation is 1. The van der Waals surface area contributed by atoms with Crippen LogP contribution < -0.4 is 0 Å². The third-order valence-electron chi connectivity index (χ3n) is 9.65. The fraction of sp³-hybridized carbons (Fsp3) is 0.548.